The maximum absolute atomic E-state index is 15.3. The van der Waals surface area contributed by atoms with E-state index in [2.05, 4.69) is 19.9 Å². The molecule has 4 rings (SSSR count). The van der Waals surface area contributed by atoms with Gasteiger partial charge >= 0.3 is 0 Å². The second kappa shape index (κ2) is 16.2. The zero-order chi connectivity index (χ0) is 29.0. The maximum atomic E-state index is 15.3. The molecule has 0 saturated heterocycles. The Morgan fingerprint density at radius 1 is 0.585 bits per heavy atom. The van der Waals surface area contributed by atoms with Gasteiger partial charge in [0.25, 0.3) is 0 Å². The van der Waals surface area contributed by atoms with Crippen molar-refractivity contribution in [2.75, 3.05) is 0 Å². The normalized spacial score (nSPS) is 17.2. The average Bonchev–Trinajstić information content (AvgIpc) is 2.99. The first-order valence-electron chi connectivity index (χ1n) is 16.4. The Morgan fingerprint density at radius 3 is 1.80 bits per heavy atom. The van der Waals surface area contributed by atoms with E-state index in [-0.39, 0.29) is 11.4 Å². The van der Waals surface area contributed by atoms with Crippen LogP contribution in [0.1, 0.15) is 127 Å². The molecule has 0 unspecified atom stereocenters. The SMILES string of the molecule is CCCCCCCc1ccc(-c2ccc(-c3ccc(C4CCC(CCCCCCC)CC4)cc3F)cc2)c(F)c1F. The summed E-state index contributed by atoms with van der Waals surface area (Å²) in [5.74, 6) is -0.487. The lowest BCUT2D eigenvalue weighted by Gasteiger charge is -2.29. The fourth-order valence-electron chi connectivity index (χ4n) is 6.59. The van der Waals surface area contributed by atoms with E-state index >= 15 is 4.39 Å². The van der Waals surface area contributed by atoms with Gasteiger partial charge in [0.15, 0.2) is 11.6 Å². The summed E-state index contributed by atoms with van der Waals surface area (Å²) in [6.07, 6.45) is 18.8. The molecule has 0 nitrogen and oxygen atoms in total. The largest absolute Gasteiger partial charge is 0.206 e. The Balaban J connectivity index is 1.34. The summed E-state index contributed by atoms with van der Waals surface area (Å²) in [5.41, 5.74) is 3.68. The summed E-state index contributed by atoms with van der Waals surface area (Å²) >= 11 is 0. The number of benzene rings is 3. The fraction of sp³-hybridized carbons (Fsp3) is 0.526. The van der Waals surface area contributed by atoms with Crippen molar-refractivity contribution >= 4 is 0 Å². The molecule has 3 heteroatoms. The zero-order valence-electron chi connectivity index (χ0n) is 25.3. The van der Waals surface area contributed by atoms with Crippen LogP contribution >= 0.6 is 0 Å². The third-order valence-corrected chi connectivity index (χ3v) is 9.25. The highest BCUT2D eigenvalue weighted by Gasteiger charge is 2.23. The molecule has 1 aliphatic rings. The van der Waals surface area contributed by atoms with Crippen molar-refractivity contribution in [1.29, 1.82) is 0 Å². The average molecular weight is 563 g/mol. The number of unbranched alkanes of at least 4 members (excludes halogenated alkanes) is 8. The second-order valence-electron chi connectivity index (χ2n) is 12.3. The molecule has 0 amide bonds. The molecular formula is C38H49F3. The molecular weight excluding hydrogens is 513 g/mol. The van der Waals surface area contributed by atoms with E-state index < -0.39 is 11.6 Å². The lowest BCUT2D eigenvalue weighted by molar-refractivity contribution is 0.301. The van der Waals surface area contributed by atoms with E-state index in [1.165, 1.54) is 57.8 Å². The van der Waals surface area contributed by atoms with Gasteiger partial charge in [-0.2, -0.15) is 0 Å². The molecule has 1 fully saturated rings. The minimum atomic E-state index is -0.800. The quantitative estimate of drug-likeness (QED) is 0.162. The van der Waals surface area contributed by atoms with Crippen LogP contribution in [0.15, 0.2) is 54.6 Å². The molecule has 3 aromatic carbocycles. The number of halogens is 3. The molecule has 0 heterocycles. The van der Waals surface area contributed by atoms with Crippen molar-refractivity contribution < 1.29 is 13.2 Å². The topological polar surface area (TPSA) is 0 Å². The Hall–Kier alpha value is -2.55. The van der Waals surface area contributed by atoms with Crippen molar-refractivity contribution in [1.82, 2.24) is 0 Å². The highest BCUT2D eigenvalue weighted by Crippen LogP contribution is 2.39. The van der Waals surface area contributed by atoms with E-state index in [0.29, 0.717) is 29.0 Å². The van der Waals surface area contributed by atoms with Crippen LogP contribution in [0.3, 0.4) is 0 Å². The predicted molar refractivity (Wildman–Crippen MR) is 168 cm³/mol. The van der Waals surface area contributed by atoms with Gasteiger partial charge in [0.2, 0.25) is 0 Å². The lowest BCUT2D eigenvalue weighted by atomic mass is 9.77. The van der Waals surface area contributed by atoms with Crippen LogP contribution < -0.4 is 0 Å². The Kier molecular flexibility index (Phi) is 12.4. The van der Waals surface area contributed by atoms with Crippen LogP contribution in [0, 0.1) is 23.4 Å². The molecule has 0 aliphatic heterocycles. The van der Waals surface area contributed by atoms with Gasteiger partial charge in [0.1, 0.15) is 5.82 Å². The van der Waals surface area contributed by atoms with Crippen LogP contribution in [0.2, 0.25) is 0 Å². The first kappa shape index (κ1) is 31.4. The standard InChI is InChI=1S/C38H49F3/c1-3-5-7-9-11-13-28-15-17-29(18-16-28)33-24-25-34(36(39)27-33)30-19-21-31(22-20-30)35-26-23-32(37(40)38(35)41)14-12-10-8-6-4-2/h19-29H,3-18H2,1-2H3. The number of hydrogen-bond acceptors (Lipinski definition) is 0. The van der Waals surface area contributed by atoms with Crippen LogP contribution in [0.5, 0.6) is 0 Å². The van der Waals surface area contributed by atoms with E-state index in [0.717, 1.165) is 55.6 Å². The molecule has 0 spiro atoms. The highest BCUT2D eigenvalue weighted by molar-refractivity contribution is 5.71. The highest BCUT2D eigenvalue weighted by atomic mass is 19.2. The van der Waals surface area contributed by atoms with Gasteiger partial charge in [-0.25, -0.2) is 13.2 Å². The van der Waals surface area contributed by atoms with Crippen LogP contribution in [0.25, 0.3) is 22.3 Å². The van der Waals surface area contributed by atoms with Crippen LogP contribution in [-0.2, 0) is 6.42 Å². The molecule has 0 bridgehead atoms. The number of rotatable bonds is 15. The lowest BCUT2D eigenvalue weighted by Crippen LogP contribution is -2.13. The molecule has 3 aromatic rings. The van der Waals surface area contributed by atoms with Crippen molar-refractivity contribution in [3.05, 3.63) is 83.2 Å². The summed E-state index contributed by atoms with van der Waals surface area (Å²) < 4.78 is 45.1. The van der Waals surface area contributed by atoms with Gasteiger partial charge in [-0.15, -0.1) is 0 Å². The monoisotopic (exact) mass is 562 g/mol. The van der Waals surface area contributed by atoms with E-state index in [4.69, 9.17) is 0 Å². The smallest absolute Gasteiger partial charge is 0.166 e. The summed E-state index contributed by atoms with van der Waals surface area (Å²) in [6.45, 7) is 4.42. The summed E-state index contributed by atoms with van der Waals surface area (Å²) in [4.78, 5) is 0. The molecule has 0 radical (unpaired) electrons. The third-order valence-electron chi connectivity index (χ3n) is 9.25. The zero-order valence-corrected chi connectivity index (χ0v) is 25.3. The van der Waals surface area contributed by atoms with Gasteiger partial charge in [-0.1, -0.05) is 127 Å². The van der Waals surface area contributed by atoms with Crippen molar-refractivity contribution in [2.45, 2.75) is 122 Å². The van der Waals surface area contributed by atoms with E-state index in [9.17, 15) is 8.78 Å². The van der Waals surface area contributed by atoms with Gasteiger partial charge in [-0.3, -0.25) is 0 Å². The molecule has 41 heavy (non-hydrogen) atoms. The van der Waals surface area contributed by atoms with Gasteiger partial charge in [0, 0.05) is 11.1 Å². The summed E-state index contributed by atoms with van der Waals surface area (Å²) in [7, 11) is 0. The first-order chi connectivity index (χ1) is 20.0. The van der Waals surface area contributed by atoms with Crippen molar-refractivity contribution in [3.63, 3.8) is 0 Å². The number of hydrogen-bond donors (Lipinski definition) is 0. The summed E-state index contributed by atoms with van der Waals surface area (Å²) in [5, 5.41) is 0. The minimum absolute atomic E-state index is 0.214. The van der Waals surface area contributed by atoms with Crippen LogP contribution in [-0.4, -0.2) is 0 Å². The molecule has 0 atom stereocenters. The van der Waals surface area contributed by atoms with Crippen molar-refractivity contribution in [3.8, 4) is 22.3 Å². The van der Waals surface area contributed by atoms with Gasteiger partial charge in [-0.05, 0) is 78.7 Å². The third kappa shape index (κ3) is 8.72. The molecule has 0 aromatic heterocycles. The molecule has 222 valence electrons. The Labute approximate surface area is 246 Å². The van der Waals surface area contributed by atoms with Gasteiger partial charge < -0.3 is 0 Å². The van der Waals surface area contributed by atoms with Crippen molar-refractivity contribution in [2.24, 2.45) is 5.92 Å². The van der Waals surface area contributed by atoms with E-state index in [1.54, 1.807) is 42.5 Å². The Bertz CT molecular complexity index is 1200. The summed E-state index contributed by atoms with van der Waals surface area (Å²) in [6, 6.07) is 16.2. The first-order valence-corrected chi connectivity index (χ1v) is 16.4. The maximum Gasteiger partial charge on any atom is 0.166 e. The second-order valence-corrected chi connectivity index (χ2v) is 12.3. The molecule has 1 saturated carbocycles. The fourth-order valence-corrected chi connectivity index (χ4v) is 6.59. The molecule has 1 aliphatic carbocycles. The van der Waals surface area contributed by atoms with Crippen LogP contribution in [0.4, 0.5) is 13.2 Å². The number of aryl methyl sites for hydroxylation is 1. The minimum Gasteiger partial charge on any atom is -0.206 e. The predicted octanol–water partition coefficient (Wildman–Crippen LogP) is 12.6. The van der Waals surface area contributed by atoms with Gasteiger partial charge in [0.05, 0.1) is 0 Å². The molecule has 0 N–H and O–H groups in total. The Morgan fingerprint density at radius 2 is 1.17 bits per heavy atom. The van der Waals surface area contributed by atoms with E-state index in [1.807, 2.05) is 6.07 Å².